The fourth-order valence-corrected chi connectivity index (χ4v) is 7.48. The SMILES string of the molecule is CC/C=C\C/C=C\C/C=C\C/C=C\C=C\C(O)CCCC(=O)O[C@H](COC(=O)CCCCCCCCCCCCCCCCCCC(C)C)COP(=O)(O)OC[C@@H](O)COP(=O)(O)O. The third-order valence-electron chi connectivity index (χ3n) is 9.94. The van der Waals surface area contributed by atoms with Crippen molar-refractivity contribution >= 4 is 27.6 Å². The van der Waals surface area contributed by atoms with Gasteiger partial charge in [0, 0.05) is 12.8 Å². The smallest absolute Gasteiger partial charge is 0.462 e. The first-order chi connectivity index (χ1) is 30.6. The predicted octanol–water partition coefficient (Wildman–Crippen LogP) is 11.6. The van der Waals surface area contributed by atoms with Gasteiger partial charge in [-0.25, -0.2) is 9.13 Å². The highest BCUT2D eigenvalue weighted by Gasteiger charge is 2.28. The Balaban J connectivity index is 4.61. The summed E-state index contributed by atoms with van der Waals surface area (Å²) >= 11 is 0. The third-order valence-corrected chi connectivity index (χ3v) is 11.4. The van der Waals surface area contributed by atoms with Gasteiger partial charge < -0.3 is 34.4 Å². The molecule has 0 radical (unpaired) electrons. The molecule has 0 bridgehead atoms. The standard InChI is InChI=1S/C48H86O14P2/c1-4-5-6-7-8-9-10-15-19-22-25-28-31-35-44(49)36-33-38-48(52)62-46(42-61-64(56,57)60-40-45(50)39-59-63(53,54)55)41-58-47(51)37-32-29-26-23-20-17-14-12-11-13-16-18-21-24-27-30-34-43(2)3/h5-6,8-9,15,19,25,28,31,35,43-46,49-50H,4,7,10-14,16-18,20-24,26-27,29-30,32-34,36-42H2,1-3H3,(H,56,57)(H2,53,54,55)/b6-5-,9-8-,19-15-,28-25-,35-31+/t44?,45-,46+/m0/s1. The summed E-state index contributed by atoms with van der Waals surface area (Å²) in [6, 6.07) is 0. The van der Waals surface area contributed by atoms with E-state index in [1.54, 1.807) is 12.2 Å². The van der Waals surface area contributed by atoms with E-state index >= 15 is 0 Å². The minimum Gasteiger partial charge on any atom is -0.462 e. The second kappa shape index (κ2) is 42.2. The lowest BCUT2D eigenvalue weighted by molar-refractivity contribution is -0.161. The van der Waals surface area contributed by atoms with E-state index in [1.807, 2.05) is 12.2 Å². The van der Waals surface area contributed by atoms with Gasteiger partial charge >= 0.3 is 27.6 Å². The van der Waals surface area contributed by atoms with Crippen LogP contribution >= 0.6 is 15.6 Å². The summed E-state index contributed by atoms with van der Waals surface area (Å²) < 4.78 is 47.7. The lowest BCUT2D eigenvalue weighted by Crippen LogP contribution is -2.30. The Kier molecular flexibility index (Phi) is 40.7. The van der Waals surface area contributed by atoms with Crippen molar-refractivity contribution < 1.29 is 66.7 Å². The van der Waals surface area contributed by atoms with E-state index in [0.717, 1.165) is 50.9 Å². The number of aliphatic hydroxyl groups is 2. The highest BCUT2D eigenvalue weighted by atomic mass is 31.2. The lowest BCUT2D eigenvalue weighted by atomic mass is 10.0. The summed E-state index contributed by atoms with van der Waals surface area (Å²) in [7, 11) is -9.75. The first kappa shape index (κ1) is 61.8. The largest absolute Gasteiger partial charge is 0.472 e. The fraction of sp³-hybridized carbons (Fsp3) is 0.750. The van der Waals surface area contributed by atoms with Gasteiger partial charge in [-0.2, -0.15) is 0 Å². The summed E-state index contributed by atoms with van der Waals surface area (Å²) in [6.07, 6.45) is 41.0. The molecule has 0 rings (SSSR count). The van der Waals surface area contributed by atoms with E-state index in [-0.39, 0.29) is 25.7 Å². The van der Waals surface area contributed by atoms with Gasteiger partial charge in [0.25, 0.3) is 0 Å². The Morgan fingerprint density at radius 1 is 0.531 bits per heavy atom. The average Bonchev–Trinajstić information content (AvgIpc) is 3.24. The van der Waals surface area contributed by atoms with Crippen LogP contribution in [0.5, 0.6) is 0 Å². The van der Waals surface area contributed by atoms with Crippen LogP contribution in [-0.2, 0) is 41.8 Å². The number of hydrogen-bond donors (Lipinski definition) is 5. The van der Waals surface area contributed by atoms with Gasteiger partial charge in [-0.1, -0.05) is 184 Å². The summed E-state index contributed by atoms with van der Waals surface area (Å²) in [5.74, 6) is -0.417. The van der Waals surface area contributed by atoms with Gasteiger partial charge in [-0.15, -0.1) is 0 Å². The maximum atomic E-state index is 12.7. The van der Waals surface area contributed by atoms with Gasteiger partial charge in [0.15, 0.2) is 6.10 Å². The molecule has 14 nitrogen and oxygen atoms in total. The Morgan fingerprint density at radius 3 is 1.53 bits per heavy atom. The number of hydrogen-bond acceptors (Lipinski definition) is 11. The van der Waals surface area contributed by atoms with Crippen molar-refractivity contribution in [3.8, 4) is 0 Å². The molecule has 16 heteroatoms. The zero-order valence-electron chi connectivity index (χ0n) is 39.4. The highest BCUT2D eigenvalue weighted by Crippen LogP contribution is 2.43. The topological polar surface area (TPSA) is 216 Å². The van der Waals surface area contributed by atoms with E-state index in [1.165, 1.54) is 83.5 Å². The van der Waals surface area contributed by atoms with Crippen LogP contribution in [0.15, 0.2) is 60.8 Å². The molecule has 0 aliphatic rings. The number of carbonyl (C=O) groups excluding carboxylic acids is 2. The molecule has 4 atom stereocenters. The number of carbonyl (C=O) groups is 2. The minimum absolute atomic E-state index is 0.1000. The zero-order valence-corrected chi connectivity index (χ0v) is 41.2. The minimum atomic E-state index is -4.89. The normalized spacial score (nSPS) is 15.0. The lowest BCUT2D eigenvalue weighted by Gasteiger charge is -2.20. The van der Waals surface area contributed by atoms with Crippen molar-refractivity contribution in [1.29, 1.82) is 0 Å². The second-order valence-electron chi connectivity index (χ2n) is 16.7. The van der Waals surface area contributed by atoms with E-state index < -0.39 is 72.3 Å². The Morgan fingerprint density at radius 2 is 1.00 bits per heavy atom. The molecule has 0 spiro atoms. The molecule has 0 saturated carbocycles. The molecule has 0 amide bonds. The van der Waals surface area contributed by atoms with Crippen LogP contribution in [-0.4, -0.2) is 81.6 Å². The van der Waals surface area contributed by atoms with Crippen molar-refractivity contribution in [2.45, 2.75) is 200 Å². The van der Waals surface area contributed by atoms with Crippen LogP contribution in [0.1, 0.15) is 181 Å². The first-order valence-electron chi connectivity index (χ1n) is 23.9. The van der Waals surface area contributed by atoms with Crippen molar-refractivity contribution in [2.24, 2.45) is 5.92 Å². The molecule has 0 saturated heterocycles. The number of unbranched alkanes of at least 4 members (excludes halogenated alkanes) is 15. The Labute approximate surface area is 385 Å². The molecule has 0 heterocycles. The van der Waals surface area contributed by atoms with E-state index in [4.69, 9.17) is 23.8 Å². The molecule has 0 fully saturated rings. The Hall–Kier alpha value is -2.22. The summed E-state index contributed by atoms with van der Waals surface area (Å²) in [5, 5.41) is 20.1. The molecular formula is C48H86O14P2. The zero-order chi connectivity index (χ0) is 47.6. The van der Waals surface area contributed by atoms with Crippen LogP contribution < -0.4 is 0 Å². The van der Waals surface area contributed by atoms with E-state index in [9.17, 15) is 33.8 Å². The maximum Gasteiger partial charge on any atom is 0.472 e. The molecule has 0 aliphatic carbocycles. The van der Waals surface area contributed by atoms with Gasteiger partial charge in [0.05, 0.1) is 25.9 Å². The van der Waals surface area contributed by atoms with Gasteiger partial charge in [0.1, 0.15) is 12.7 Å². The molecule has 0 aliphatic heterocycles. The number of ether oxygens (including phenoxy) is 2. The number of rotatable bonds is 44. The van der Waals surface area contributed by atoms with Gasteiger partial charge in [-0.05, 0) is 50.9 Å². The average molecular weight is 949 g/mol. The third kappa shape index (κ3) is 46.3. The molecule has 0 aromatic rings. The number of aliphatic hydroxyl groups excluding tert-OH is 2. The van der Waals surface area contributed by atoms with E-state index in [0.29, 0.717) is 6.42 Å². The number of phosphoric acid groups is 2. The van der Waals surface area contributed by atoms with Crippen molar-refractivity contribution in [1.82, 2.24) is 0 Å². The number of allylic oxidation sites excluding steroid dienone is 9. The summed E-state index contributed by atoms with van der Waals surface area (Å²) in [5.41, 5.74) is 0. The molecular weight excluding hydrogens is 862 g/mol. The Bertz CT molecular complexity index is 1390. The highest BCUT2D eigenvalue weighted by molar-refractivity contribution is 7.47. The van der Waals surface area contributed by atoms with Crippen molar-refractivity contribution in [3.05, 3.63) is 60.8 Å². The molecule has 0 aromatic carbocycles. The number of phosphoric ester groups is 2. The molecule has 5 N–H and O–H groups in total. The van der Waals surface area contributed by atoms with Crippen LogP contribution in [0.3, 0.4) is 0 Å². The van der Waals surface area contributed by atoms with Crippen molar-refractivity contribution in [3.63, 3.8) is 0 Å². The summed E-state index contributed by atoms with van der Waals surface area (Å²) in [4.78, 5) is 52.8. The van der Waals surface area contributed by atoms with Crippen LogP contribution in [0.2, 0.25) is 0 Å². The van der Waals surface area contributed by atoms with Crippen LogP contribution in [0.25, 0.3) is 0 Å². The molecule has 2 unspecified atom stereocenters. The summed E-state index contributed by atoms with van der Waals surface area (Å²) in [6.45, 7) is 3.78. The first-order valence-corrected chi connectivity index (χ1v) is 27.0. The maximum absolute atomic E-state index is 12.7. The molecule has 64 heavy (non-hydrogen) atoms. The van der Waals surface area contributed by atoms with Gasteiger partial charge in [-0.3, -0.25) is 23.2 Å². The quantitative estimate of drug-likeness (QED) is 0.0126. The molecule has 0 aromatic heterocycles. The van der Waals surface area contributed by atoms with E-state index in [2.05, 4.69) is 66.3 Å². The fourth-order valence-electron chi connectivity index (χ4n) is 6.33. The van der Waals surface area contributed by atoms with Crippen LogP contribution in [0, 0.1) is 5.92 Å². The predicted molar refractivity (Wildman–Crippen MR) is 254 cm³/mol. The second-order valence-corrected chi connectivity index (χ2v) is 19.4. The van der Waals surface area contributed by atoms with Crippen molar-refractivity contribution in [2.75, 3.05) is 26.4 Å². The van der Waals surface area contributed by atoms with Gasteiger partial charge in [0.2, 0.25) is 0 Å². The molecule has 372 valence electrons. The number of esters is 2. The monoisotopic (exact) mass is 949 g/mol. The van der Waals surface area contributed by atoms with Crippen LogP contribution in [0.4, 0.5) is 0 Å².